The summed E-state index contributed by atoms with van der Waals surface area (Å²) in [5.74, 6) is 2.21. The van der Waals surface area contributed by atoms with Gasteiger partial charge in [-0.1, -0.05) is 17.7 Å². The number of nitrogens with zero attached hydrogens (tertiary/aromatic N) is 1. The molecule has 0 unspecified atom stereocenters. The predicted molar refractivity (Wildman–Crippen MR) is 70.2 cm³/mol. The maximum Gasteiger partial charge on any atom is 0.302 e. The largest absolute Gasteiger partial charge is 0.463 e. The minimum Gasteiger partial charge on any atom is -0.463 e. The fourth-order valence-corrected chi connectivity index (χ4v) is 3.10. The van der Waals surface area contributed by atoms with E-state index in [-0.39, 0.29) is 23.6 Å². The van der Waals surface area contributed by atoms with Gasteiger partial charge in [0.05, 0.1) is 12.1 Å². The Morgan fingerprint density at radius 2 is 2.56 bits per heavy atom. The maximum atomic E-state index is 10.8. The molecule has 6 heteroatoms. The second-order valence-electron chi connectivity index (χ2n) is 4.20. The molecule has 0 amide bonds. The molecule has 1 N–H and O–H groups in total. The molecule has 2 saturated heterocycles. The highest BCUT2D eigenvalue weighted by molar-refractivity contribution is 8.14. The van der Waals surface area contributed by atoms with Gasteiger partial charge in [-0.3, -0.25) is 4.79 Å². The van der Waals surface area contributed by atoms with E-state index in [4.69, 9.17) is 15.9 Å². The van der Waals surface area contributed by atoms with E-state index in [1.165, 1.54) is 6.92 Å². The molecular formula is C12H16N2O3S. The number of hydrogen-bond acceptors (Lipinski definition) is 5. The molecular weight excluding hydrogens is 252 g/mol. The van der Waals surface area contributed by atoms with E-state index in [9.17, 15) is 4.79 Å². The molecule has 2 rings (SSSR count). The van der Waals surface area contributed by atoms with E-state index in [1.54, 1.807) is 11.8 Å². The Morgan fingerprint density at radius 1 is 1.72 bits per heavy atom. The predicted octanol–water partition coefficient (Wildman–Crippen LogP) is 0.749. The number of amidine groups is 1. The zero-order valence-electron chi connectivity index (χ0n) is 10.2. The van der Waals surface area contributed by atoms with Crippen LogP contribution in [0.1, 0.15) is 19.8 Å². The van der Waals surface area contributed by atoms with Gasteiger partial charge in [-0.25, -0.2) is 4.99 Å². The molecule has 98 valence electrons. The summed E-state index contributed by atoms with van der Waals surface area (Å²) in [4.78, 5) is 15.0. The van der Waals surface area contributed by atoms with Crippen LogP contribution in [-0.4, -0.2) is 41.9 Å². The van der Waals surface area contributed by atoms with Crippen LogP contribution in [0.25, 0.3) is 0 Å². The number of aliphatic imine (C=N–C) groups is 1. The molecule has 0 aliphatic carbocycles. The Kier molecular flexibility index (Phi) is 4.50. The van der Waals surface area contributed by atoms with Crippen LogP contribution in [0.3, 0.4) is 0 Å². The lowest BCUT2D eigenvalue weighted by Gasteiger charge is -2.30. The first kappa shape index (κ1) is 13.2. The maximum absolute atomic E-state index is 10.8. The number of nitrogens with one attached hydrogen (secondary N) is 1. The normalized spacial score (nSPS) is 32.4. The summed E-state index contributed by atoms with van der Waals surface area (Å²) >= 11 is 1.55. The van der Waals surface area contributed by atoms with E-state index in [1.807, 2.05) is 0 Å². The third-order valence-electron chi connectivity index (χ3n) is 2.78. The zero-order valence-corrected chi connectivity index (χ0v) is 11.0. The van der Waals surface area contributed by atoms with Crippen LogP contribution in [0.5, 0.6) is 0 Å². The van der Waals surface area contributed by atoms with Crippen molar-refractivity contribution < 1.29 is 14.3 Å². The number of fused-ring (bicyclic) bond motifs is 1. The monoisotopic (exact) mass is 268 g/mol. The van der Waals surface area contributed by atoms with Gasteiger partial charge >= 0.3 is 5.97 Å². The second kappa shape index (κ2) is 6.12. The molecule has 0 bridgehead atoms. The molecule has 2 aliphatic rings. The van der Waals surface area contributed by atoms with E-state index in [0.29, 0.717) is 13.2 Å². The standard InChI is InChI=1S/C12H16N2O3S/c1-3-6-13-12-14-10-5-4-9(7-16-8(2)15)17-11(10)18-12/h1,9-11H,4-7H2,2H3,(H,13,14)/t9-,10-,11-/m1/s1. The summed E-state index contributed by atoms with van der Waals surface area (Å²) in [6.45, 7) is 2.11. The van der Waals surface area contributed by atoms with Gasteiger partial charge in [0.1, 0.15) is 18.6 Å². The van der Waals surface area contributed by atoms with Crippen LogP contribution in [0.15, 0.2) is 4.99 Å². The number of terminal acetylenes is 1. The second-order valence-corrected chi connectivity index (χ2v) is 5.29. The van der Waals surface area contributed by atoms with Crippen LogP contribution >= 0.6 is 11.8 Å². The van der Waals surface area contributed by atoms with Crippen molar-refractivity contribution in [1.29, 1.82) is 0 Å². The summed E-state index contributed by atoms with van der Waals surface area (Å²) < 4.78 is 10.8. The summed E-state index contributed by atoms with van der Waals surface area (Å²) in [5.41, 5.74) is 0.0378. The van der Waals surface area contributed by atoms with Gasteiger partial charge in [-0.2, -0.15) is 0 Å². The smallest absolute Gasteiger partial charge is 0.302 e. The molecule has 0 saturated carbocycles. The minimum absolute atomic E-state index is 0.0172. The summed E-state index contributed by atoms with van der Waals surface area (Å²) in [5, 5.41) is 4.14. The summed E-state index contributed by atoms with van der Waals surface area (Å²) in [6.07, 6.45) is 7.02. The van der Waals surface area contributed by atoms with Crippen molar-refractivity contribution in [2.75, 3.05) is 13.2 Å². The first-order valence-corrected chi connectivity index (χ1v) is 6.77. The average Bonchev–Trinajstić information content (AvgIpc) is 2.75. The average molecular weight is 268 g/mol. The Morgan fingerprint density at radius 3 is 3.28 bits per heavy atom. The molecule has 2 aliphatic heterocycles. The van der Waals surface area contributed by atoms with E-state index in [0.717, 1.165) is 18.0 Å². The quantitative estimate of drug-likeness (QED) is 0.604. The van der Waals surface area contributed by atoms with Crippen LogP contribution in [0.2, 0.25) is 0 Å². The lowest BCUT2D eigenvalue weighted by molar-refractivity contribution is -0.147. The zero-order chi connectivity index (χ0) is 13.0. The molecule has 0 spiro atoms. The molecule has 18 heavy (non-hydrogen) atoms. The molecule has 0 aromatic heterocycles. The van der Waals surface area contributed by atoms with Gasteiger partial charge in [-0.15, -0.1) is 6.42 Å². The van der Waals surface area contributed by atoms with Crippen molar-refractivity contribution in [3.05, 3.63) is 0 Å². The highest BCUT2D eigenvalue weighted by Crippen LogP contribution is 2.33. The highest BCUT2D eigenvalue weighted by atomic mass is 32.2. The molecule has 0 aromatic rings. The number of ether oxygens (including phenoxy) is 2. The lowest BCUT2D eigenvalue weighted by atomic mass is 10.1. The number of hydrogen-bond donors (Lipinski definition) is 1. The number of carbonyl (C=O) groups is 1. The number of thioether (sulfide) groups is 1. The SMILES string of the molecule is C#CCN=C1N[C@@H]2CC[C@H](COC(C)=O)O[C@@H]2S1. The third-order valence-corrected chi connectivity index (χ3v) is 3.92. The fraction of sp³-hybridized carbons (Fsp3) is 0.667. The first-order valence-electron chi connectivity index (χ1n) is 5.89. The van der Waals surface area contributed by atoms with Crippen molar-refractivity contribution in [2.45, 2.75) is 37.3 Å². The first-order chi connectivity index (χ1) is 8.69. The molecule has 0 aromatic carbocycles. The Hall–Kier alpha value is -1.19. The van der Waals surface area contributed by atoms with E-state index >= 15 is 0 Å². The van der Waals surface area contributed by atoms with Crippen molar-refractivity contribution in [3.63, 3.8) is 0 Å². The van der Waals surface area contributed by atoms with Gasteiger partial charge in [0.2, 0.25) is 0 Å². The van der Waals surface area contributed by atoms with Crippen molar-refractivity contribution in [2.24, 2.45) is 4.99 Å². The minimum atomic E-state index is -0.269. The van der Waals surface area contributed by atoms with E-state index < -0.39 is 0 Å². The van der Waals surface area contributed by atoms with E-state index in [2.05, 4.69) is 16.2 Å². The lowest BCUT2D eigenvalue weighted by Crippen LogP contribution is -2.41. The van der Waals surface area contributed by atoms with Gasteiger partial charge in [0.25, 0.3) is 0 Å². The van der Waals surface area contributed by atoms with Crippen LogP contribution < -0.4 is 5.32 Å². The Bertz CT molecular complexity index is 391. The summed E-state index contributed by atoms with van der Waals surface area (Å²) in [6, 6.07) is 0.278. The van der Waals surface area contributed by atoms with Gasteiger partial charge < -0.3 is 14.8 Å². The Balaban J connectivity index is 1.83. The summed E-state index contributed by atoms with van der Waals surface area (Å²) in [7, 11) is 0. The van der Waals surface area contributed by atoms with Crippen LogP contribution in [0, 0.1) is 12.3 Å². The molecule has 5 nitrogen and oxygen atoms in total. The number of carbonyl (C=O) groups excluding carboxylic acids is 1. The van der Waals surface area contributed by atoms with Crippen LogP contribution in [-0.2, 0) is 14.3 Å². The molecule has 2 fully saturated rings. The highest BCUT2D eigenvalue weighted by Gasteiger charge is 2.38. The Labute approximate surface area is 111 Å². The van der Waals surface area contributed by atoms with Crippen LogP contribution in [0.4, 0.5) is 0 Å². The van der Waals surface area contributed by atoms with Gasteiger partial charge in [0.15, 0.2) is 5.17 Å². The third kappa shape index (κ3) is 3.40. The number of esters is 1. The molecule has 0 radical (unpaired) electrons. The molecule has 3 atom stereocenters. The van der Waals surface area contributed by atoms with Gasteiger partial charge in [-0.05, 0) is 12.8 Å². The van der Waals surface area contributed by atoms with Crippen molar-refractivity contribution >= 4 is 22.9 Å². The van der Waals surface area contributed by atoms with Gasteiger partial charge in [0, 0.05) is 6.92 Å². The molecule has 2 heterocycles. The van der Waals surface area contributed by atoms with Crippen molar-refractivity contribution in [3.8, 4) is 12.3 Å². The topological polar surface area (TPSA) is 59.9 Å². The van der Waals surface area contributed by atoms with Crippen molar-refractivity contribution in [1.82, 2.24) is 5.32 Å². The number of rotatable bonds is 3. The fourth-order valence-electron chi connectivity index (χ4n) is 1.94.